The smallest absolute Gasteiger partial charge is 0.309 e. The summed E-state index contributed by atoms with van der Waals surface area (Å²) < 4.78 is 0. The second kappa shape index (κ2) is 4.81. The van der Waals surface area contributed by atoms with Crippen LogP contribution in [0, 0.1) is 26.2 Å². The molecule has 1 rings (SSSR count). The molecule has 0 unspecified atom stereocenters. The molecule has 0 aliphatic heterocycles. The average Bonchev–Trinajstić information content (AvgIpc) is 2.29. The van der Waals surface area contributed by atoms with E-state index in [0.717, 1.165) is 11.1 Å². The number of phenols is 1. The molecule has 0 fully saturated rings. The van der Waals surface area contributed by atoms with Crippen molar-refractivity contribution >= 4 is 17.6 Å². The van der Waals surface area contributed by atoms with E-state index in [9.17, 15) is 9.90 Å². The predicted molar refractivity (Wildman–Crippen MR) is 72.4 cm³/mol. The van der Waals surface area contributed by atoms with Gasteiger partial charge in [-0.15, -0.1) is 0 Å². The number of benzene rings is 1. The molecule has 0 saturated heterocycles. The summed E-state index contributed by atoms with van der Waals surface area (Å²) >= 11 is 6.21. The third-order valence-corrected chi connectivity index (χ3v) is 4.08. The zero-order valence-corrected chi connectivity index (χ0v) is 12.1. The standard InChI is InChI=1S/C14H19ClO3/c1-7-8(2)12(16)10(9(3)11(7)15)6-14(4,5)13(17)18/h16H,6H2,1-5H3,(H,17,18). The summed E-state index contributed by atoms with van der Waals surface area (Å²) in [6, 6.07) is 0. The number of phenolic OH excluding ortho intramolecular Hbond substituents is 1. The maximum absolute atomic E-state index is 11.2. The van der Waals surface area contributed by atoms with Gasteiger partial charge in [-0.25, -0.2) is 0 Å². The van der Waals surface area contributed by atoms with Crippen molar-refractivity contribution in [3.05, 3.63) is 27.3 Å². The molecule has 2 N–H and O–H groups in total. The summed E-state index contributed by atoms with van der Waals surface area (Å²) in [6.07, 6.45) is 0.251. The Morgan fingerprint density at radius 1 is 1.17 bits per heavy atom. The molecule has 1 aromatic rings. The molecule has 0 bridgehead atoms. The SMILES string of the molecule is Cc1c(C)c(Cl)c(C)c(CC(C)(C)C(=O)O)c1O. The summed E-state index contributed by atoms with van der Waals surface area (Å²) in [5.74, 6) is -0.737. The first-order valence-electron chi connectivity index (χ1n) is 5.80. The minimum absolute atomic E-state index is 0.156. The molecule has 4 heteroatoms. The zero-order chi connectivity index (χ0) is 14.2. The Balaban J connectivity index is 3.39. The second-order valence-corrected chi connectivity index (χ2v) is 5.76. The lowest BCUT2D eigenvalue weighted by molar-refractivity contribution is -0.146. The Hall–Kier alpha value is -1.22. The fourth-order valence-electron chi connectivity index (χ4n) is 1.89. The molecule has 0 spiro atoms. The molecule has 0 heterocycles. The van der Waals surface area contributed by atoms with Gasteiger partial charge in [0.25, 0.3) is 0 Å². The highest BCUT2D eigenvalue weighted by molar-refractivity contribution is 6.32. The van der Waals surface area contributed by atoms with Crippen molar-refractivity contribution in [2.24, 2.45) is 5.41 Å². The second-order valence-electron chi connectivity index (χ2n) is 5.38. The van der Waals surface area contributed by atoms with E-state index in [-0.39, 0.29) is 12.2 Å². The fraction of sp³-hybridized carbons (Fsp3) is 0.500. The van der Waals surface area contributed by atoms with E-state index in [2.05, 4.69) is 0 Å². The normalized spacial score (nSPS) is 11.7. The lowest BCUT2D eigenvalue weighted by atomic mass is 9.83. The quantitative estimate of drug-likeness (QED) is 0.882. The van der Waals surface area contributed by atoms with E-state index in [1.54, 1.807) is 20.8 Å². The number of carboxylic acids is 1. The number of aromatic hydroxyl groups is 1. The minimum Gasteiger partial charge on any atom is -0.507 e. The van der Waals surface area contributed by atoms with Crippen LogP contribution in [0.25, 0.3) is 0 Å². The van der Waals surface area contributed by atoms with Crippen molar-refractivity contribution in [2.45, 2.75) is 41.0 Å². The van der Waals surface area contributed by atoms with Gasteiger partial charge in [0.05, 0.1) is 5.41 Å². The Labute approximate surface area is 112 Å². The van der Waals surface area contributed by atoms with Crippen LogP contribution in [0.2, 0.25) is 5.02 Å². The molecule has 0 amide bonds. The van der Waals surface area contributed by atoms with Gasteiger partial charge in [0.15, 0.2) is 0 Å². The Morgan fingerprint density at radius 3 is 2.11 bits per heavy atom. The molecule has 1 aromatic carbocycles. The topological polar surface area (TPSA) is 57.5 Å². The van der Waals surface area contributed by atoms with Crippen LogP contribution in [0.4, 0.5) is 0 Å². The molecule has 0 radical (unpaired) electrons. The van der Waals surface area contributed by atoms with Crippen LogP contribution in [-0.4, -0.2) is 16.2 Å². The monoisotopic (exact) mass is 270 g/mol. The summed E-state index contributed by atoms with van der Waals surface area (Å²) in [4.78, 5) is 11.2. The molecule has 18 heavy (non-hydrogen) atoms. The van der Waals surface area contributed by atoms with Crippen LogP contribution >= 0.6 is 11.6 Å². The van der Waals surface area contributed by atoms with E-state index >= 15 is 0 Å². The summed E-state index contributed by atoms with van der Waals surface area (Å²) in [5, 5.41) is 19.9. The van der Waals surface area contributed by atoms with E-state index < -0.39 is 11.4 Å². The maximum Gasteiger partial charge on any atom is 0.309 e. The summed E-state index contributed by atoms with van der Waals surface area (Å²) in [7, 11) is 0. The van der Waals surface area contributed by atoms with Gasteiger partial charge in [-0.3, -0.25) is 4.79 Å². The molecule has 0 saturated carbocycles. The molecule has 0 aromatic heterocycles. The molecule has 100 valence electrons. The average molecular weight is 271 g/mol. The largest absolute Gasteiger partial charge is 0.507 e. The van der Waals surface area contributed by atoms with Crippen LogP contribution < -0.4 is 0 Å². The number of carbonyl (C=O) groups is 1. The number of carboxylic acid groups (broad SMARTS) is 1. The summed E-state index contributed by atoms with van der Waals surface area (Å²) in [6.45, 7) is 8.71. The number of halogens is 1. The minimum atomic E-state index is -0.937. The summed E-state index contributed by atoms with van der Waals surface area (Å²) in [5.41, 5.74) is 1.99. The van der Waals surface area contributed by atoms with E-state index in [1.807, 2.05) is 13.8 Å². The molecule has 3 nitrogen and oxygen atoms in total. The highest BCUT2D eigenvalue weighted by Crippen LogP contribution is 2.38. The van der Waals surface area contributed by atoms with Crippen LogP contribution in [0.1, 0.15) is 36.1 Å². The highest BCUT2D eigenvalue weighted by Gasteiger charge is 2.30. The van der Waals surface area contributed by atoms with Crippen LogP contribution in [-0.2, 0) is 11.2 Å². The molecular weight excluding hydrogens is 252 g/mol. The van der Waals surface area contributed by atoms with Crippen molar-refractivity contribution in [3.8, 4) is 5.75 Å². The van der Waals surface area contributed by atoms with Gasteiger partial charge in [0.2, 0.25) is 0 Å². The van der Waals surface area contributed by atoms with Crippen molar-refractivity contribution in [1.29, 1.82) is 0 Å². The van der Waals surface area contributed by atoms with Crippen molar-refractivity contribution < 1.29 is 15.0 Å². The molecular formula is C14H19ClO3. The van der Waals surface area contributed by atoms with Gasteiger partial charge in [0, 0.05) is 5.02 Å². The van der Waals surface area contributed by atoms with Crippen molar-refractivity contribution in [3.63, 3.8) is 0 Å². The lowest BCUT2D eigenvalue weighted by Gasteiger charge is -2.23. The maximum atomic E-state index is 11.2. The Kier molecular flexibility index (Phi) is 3.96. The van der Waals surface area contributed by atoms with Gasteiger partial charge in [-0.05, 0) is 63.3 Å². The number of hydrogen-bond donors (Lipinski definition) is 2. The number of rotatable bonds is 3. The van der Waals surface area contributed by atoms with Crippen molar-refractivity contribution in [1.82, 2.24) is 0 Å². The van der Waals surface area contributed by atoms with Gasteiger partial charge < -0.3 is 10.2 Å². The lowest BCUT2D eigenvalue weighted by Crippen LogP contribution is -2.26. The van der Waals surface area contributed by atoms with Crippen LogP contribution in [0.5, 0.6) is 5.75 Å². The van der Waals surface area contributed by atoms with E-state index in [1.165, 1.54) is 0 Å². The predicted octanol–water partition coefficient (Wildman–Crippen LogP) is 3.62. The van der Waals surface area contributed by atoms with Crippen LogP contribution in [0.3, 0.4) is 0 Å². The zero-order valence-electron chi connectivity index (χ0n) is 11.4. The molecule has 0 aliphatic carbocycles. The number of hydrogen-bond acceptors (Lipinski definition) is 2. The first-order valence-corrected chi connectivity index (χ1v) is 6.18. The highest BCUT2D eigenvalue weighted by atomic mass is 35.5. The first kappa shape index (κ1) is 14.8. The van der Waals surface area contributed by atoms with Gasteiger partial charge in [-0.1, -0.05) is 11.6 Å². The van der Waals surface area contributed by atoms with E-state index in [4.69, 9.17) is 16.7 Å². The molecule has 0 atom stereocenters. The Bertz CT molecular complexity index is 475. The third kappa shape index (κ3) is 2.46. The van der Waals surface area contributed by atoms with E-state index in [0.29, 0.717) is 16.1 Å². The third-order valence-electron chi connectivity index (χ3n) is 3.51. The van der Waals surface area contributed by atoms with Gasteiger partial charge in [-0.2, -0.15) is 0 Å². The van der Waals surface area contributed by atoms with Gasteiger partial charge >= 0.3 is 5.97 Å². The Morgan fingerprint density at radius 2 is 1.67 bits per heavy atom. The number of aliphatic carboxylic acids is 1. The molecule has 0 aliphatic rings. The van der Waals surface area contributed by atoms with Gasteiger partial charge in [0.1, 0.15) is 5.75 Å². The first-order chi connectivity index (χ1) is 8.09. The van der Waals surface area contributed by atoms with Crippen LogP contribution in [0.15, 0.2) is 0 Å². The van der Waals surface area contributed by atoms with Crippen molar-refractivity contribution in [2.75, 3.05) is 0 Å². The fourth-order valence-corrected chi connectivity index (χ4v) is 2.15.